The molecule has 59 heavy (non-hydrogen) atoms. The number of rotatable bonds is 26. The molecule has 2 aromatic rings. The molecule has 0 aromatic carbocycles. The number of nitrogens with one attached hydrogen (secondary N) is 2. The van der Waals surface area contributed by atoms with Crippen LogP contribution in [0.1, 0.15) is 78.9 Å². The molecule has 28 heteroatoms. The van der Waals surface area contributed by atoms with E-state index in [-0.39, 0.29) is 41.6 Å². The lowest BCUT2D eigenvalue weighted by atomic mass is 9.87. The van der Waals surface area contributed by atoms with Gasteiger partial charge in [-0.15, -0.1) is 0 Å². The Kier molecular flexibility index (Phi) is 19.5. The number of hydrogen-bond donors (Lipinski definition) is 9. The molecule has 0 aliphatic carbocycles. The highest BCUT2D eigenvalue weighted by Crippen LogP contribution is 2.61. The number of fused-ring (bicyclic) bond motifs is 1. The summed E-state index contributed by atoms with van der Waals surface area (Å²) in [6, 6.07) is 0. The summed E-state index contributed by atoms with van der Waals surface area (Å²) in [5, 5.41) is 26.5. The molecule has 24 nitrogen and oxygen atoms in total. The van der Waals surface area contributed by atoms with Crippen molar-refractivity contribution in [1.82, 2.24) is 30.2 Å². The standard InChI is InChI=1S/C31H54N7O17P3S/c1-5-19(2)9-7-6-8-10-22(40)59-14-13-33-21(39)11-12-34-29(43)26(42)31(3,4)16-52-58(49,50)55-57(47,48)51-15-20-25(54-56(44,45)46)24(41)30(53-20)38-18-37-23-27(32)35-17-36-28(23)38/h17-20,24-26,30,41-42H,5-16H2,1-4H3,(H,33,39)(H,34,43)(H,47,48)(H,49,50)(H2,32,35,36)(H2,44,45,46). The van der Waals surface area contributed by atoms with Crippen LogP contribution in [0.2, 0.25) is 0 Å². The molecule has 1 saturated heterocycles. The Bertz CT molecular complexity index is 1870. The van der Waals surface area contributed by atoms with E-state index in [0.717, 1.165) is 61.1 Å². The monoisotopic (exact) mass is 921 g/mol. The number of thioether (sulfide) groups is 1. The molecule has 0 spiro atoms. The molecule has 8 atom stereocenters. The predicted octanol–water partition coefficient (Wildman–Crippen LogP) is 1.66. The largest absolute Gasteiger partial charge is 0.481 e. The number of nitrogens with two attached hydrogens (primary N) is 1. The van der Waals surface area contributed by atoms with Crippen molar-refractivity contribution in [2.45, 2.75) is 103 Å². The van der Waals surface area contributed by atoms with Crippen molar-refractivity contribution in [3.63, 3.8) is 0 Å². The third-order valence-corrected chi connectivity index (χ3v) is 13.1. The summed E-state index contributed by atoms with van der Waals surface area (Å²) in [5.41, 5.74) is 4.28. The number of carbonyl (C=O) groups excluding carboxylic acids is 3. The first kappa shape index (κ1) is 50.9. The van der Waals surface area contributed by atoms with Crippen LogP contribution in [0.3, 0.4) is 0 Å². The van der Waals surface area contributed by atoms with Crippen LogP contribution < -0.4 is 16.4 Å². The van der Waals surface area contributed by atoms with Crippen molar-refractivity contribution >= 4 is 69.1 Å². The zero-order chi connectivity index (χ0) is 44.2. The summed E-state index contributed by atoms with van der Waals surface area (Å²) in [5.74, 6) is -0.353. The Labute approximate surface area is 344 Å². The molecular formula is C31H54N7O17P3S. The van der Waals surface area contributed by atoms with Gasteiger partial charge in [-0.3, -0.25) is 32.5 Å². The van der Waals surface area contributed by atoms with Crippen molar-refractivity contribution in [2.24, 2.45) is 11.3 Å². The number of anilines is 1. The number of amides is 2. The lowest BCUT2D eigenvalue weighted by Crippen LogP contribution is -2.46. The SMILES string of the molecule is CCC(C)CCCCCC(=O)SCCNC(=O)CCNC(=O)C(O)C(C)(C)COP(=O)(O)OP(=O)(O)OCC1OC(n2cnc3c(N)ncnc32)C(O)C1OP(=O)(O)O. The highest BCUT2D eigenvalue weighted by molar-refractivity contribution is 8.13. The van der Waals surface area contributed by atoms with E-state index < -0.39 is 84.6 Å². The number of hydrogen-bond acceptors (Lipinski definition) is 18. The smallest absolute Gasteiger partial charge is 0.386 e. The van der Waals surface area contributed by atoms with E-state index in [4.69, 9.17) is 19.5 Å². The second kappa shape index (κ2) is 22.6. The van der Waals surface area contributed by atoms with Gasteiger partial charge in [-0.2, -0.15) is 4.31 Å². The average Bonchev–Trinajstić information content (AvgIpc) is 3.71. The van der Waals surface area contributed by atoms with Crippen LogP contribution in [0.15, 0.2) is 12.7 Å². The topological polar surface area (TPSA) is 364 Å². The Morgan fingerprint density at radius 1 is 1.02 bits per heavy atom. The molecule has 2 amide bonds. The number of ether oxygens (including phenoxy) is 1. The van der Waals surface area contributed by atoms with Gasteiger partial charge in [0.15, 0.2) is 22.8 Å². The Balaban J connectivity index is 1.42. The summed E-state index contributed by atoms with van der Waals surface area (Å²) in [6.07, 6.45) is -1.20. The van der Waals surface area contributed by atoms with Gasteiger partial charge < -0.3 is 50.9 Å². The van der Waals surface area contributed by atoms with E-state index in [0.29, 0.717) is 18.1 Å². The van der Waals surface area contributed by atoms with Gasteiger partial charge in [0, 0.05) is 37.1 Å². The van der Waals surface area contributed by atoms with Crippen molar-refractivity contribution in [3.8, 4) is 0 Å². The number of phosphoric ester groups is 3. The third kappa shape index (κ3) is 16.7. The number of phosphoric acid groups is 3. The predicted molar refractivity (Wildman–Crippen MR) is 210 cm³/mol. The number of imidazole rings is 1. The van der Waals surface area contributed by atoms with E-state index in [2.05, 4.69) is 48.3 Å². The van der Waals surface area contributed by atoms with Gasteiger partial charge in [-0.05, 0) is 12.3 Å². The maximum atomic E-state index is 12.7. The Morgan fingerprint density at radius 3 is 2.39 bits per heavy atom. The van der Waals surface area contributed by atoms with Crippen molar-refractivity contribution in [3.05, 3.63) is 12.7 Å². The molecule has 1 aliphatic rings. The zero-order valence-electron chi connectivity index (χ0n) is 32.9. The number of nitrogen functional groups attached to an aromatic ring is 1. The third-order valence-electron chi connectivity index (χ3n) is 9.04. The minimum atomic E-state index is -5.57. The fraction of sp³-hybridized carbons (Fsp3) is 0.742. The molecule has 2 aromatic heterocycles. The molecule has 10 N–H and O–H groups in total. The number of nitrogens with zero attached hydrogens (tertiary/aromatic N) is 4. The minimum Gasteiger partial charge on any atom is -0.386 e. The number of aliphatic hydroxyl groups excluding tert-OH is 2. The van der Waals surface area contributed by atoms with Crippen LogP contribution in [0.5, 0.6) is 0 Å². The molecule has 0 radical (unpaired) electrons. The molecule has 0 saturated carbocycles. The van der Waals surface area contributed by atoms with E-state index in [1.165, 1.54) is 13.8 Å². The second-order valence-corrected chi connectivity index (χ2v) is 19.8. The van der Waals surface area contributed by atoms with Gasteiger partial charge in [0.2, 0.25) is 11.8 Å². The molecule has 336 valence electrons. The number of aliphatic hydroxyl groups is 2. The van der Waals surface area contributed by atoms with Crippen LogP contribution >= 0.6 is 35.2 Å². The first-order valence-electron chi connectivity index (χ1n) is 18.5. The first-order chi connectivity index (χ1) is 27.4. The molecule has 8 unspecified atom stereocenters. The summed E-state index contributed by atoms with van der Waals surface area (Å²) in [4.78, 5) is 87.9. The molecule has 3 rings (SSSR count). The minimum absolute atomic E-state index is 0.0325. The number of unbranched alkanes of at least 4 members (excludes halogenated alkanes) is 2. The molecule has 1 fully saturated rings. The van der Waals surface area contributed by atoms with Crippen LogP contribution in [0.4, 0.5) is 5.82 Å². The van der Waals surface area contributed by atoms with E-state index in [9.17, 15) is 57.9 Å². The van der Waals surface area contributed by atoms with Crippen molar-refractivity contribution in [2.75, 3.05) is 37.8 Å². The first-order valence-corrected chi connectivity index (χ1v) is 24.0. The van der Waals surface area contributed by atoms with Crippen LogP contribution in [-0.4, -0.2) is 123 Å². The highest BCUT2D eigenvalue weighted by Gasteiger charge is 2.50. The van der Waals surface area contributed by atoms with Gasteiger partial charge >= 0.3 is 23.5 Å². The van der Waals surface area contributed by atoms with E-state index in [1.807, 2.05) is 0 Å². The molecule has 1 aliphatic heterocycles. The van der Waals surface area contributed by atoms with E-state index in [1.54, 1.807) is 0 Å². The maximum absolute atomic E-state index is 12.7. The summed E-state index contributed by atoms with van der Waals surface area (Å²) in [7, 11) is -16.4. The Morgan fingerprint density at radius 2 is 1.71 bits per heavy atom. The molecular weight excluding hydrogens is 867 g/mol. The Hall–Kier alpha value is -2.44. The van der Waals surface area contributed by atoms with E-state index >= 15 is 0 Å². The normalized spacial score (nSPS) is 21.7. The fourth-order valence-corrected chi connectivity index (χ4v) is 9.06. The average molecular weight is 922 g/mol. The van der Waals surface area contributed by atoms with Crippen LogP contribution in [-0.2, 0) is 50.7 Å². The highest BCUT2D eigenvalue weighted by atomic mass is 32.2. The fourth-order valence-electron chi connectivity index (χ4n) is 5.51. The lowest BCUT2D eigenvalue weighted by Gasteiger charge is -2.30. The molecule has 3 heterocycles. The quantitative estimate of drug-likeness (QED) is 0.0478. The van der Waals surface area contributed by atoms with Gasteiger partial charge in [0.1, 0.15) is 36.3 Å². The molecule has 0 bridgehead atoms. The zero-order valence-corrected chi connectivity index (χ0v) is 36.4. The van der Waals surface area contributed by atoms with Crippen molar-refractivity contribution < 1.29 is 80.5 Å². The van der Waals surface area contributed by atoms with Crippen LogP contribution in [0, 0.1) is 11.3 Å². The number of aromatic nitrogens is 4. The number of carbonyl (C=O) groups is 3. The van der Waals surface area contributed by atoms with Gasteiger partial charge in [0.25, 0.3) is 0 Å². The van der Waals surface area contributed by atoms with Crippen LogP contribution in [0.25, 0.3) is 11.2 Å². The lowest BCUT2D eigenvalue weighted by molar-refractivity contribution is -0.137. The summed E-state index contributed by atoms with van der Waals surface area (Å²) in [6.45, 7) is 4.93. The van der Waals surface area contributed by atoms with Gasteiger partial charge in [-0.1, -0.05) is 65.1 Å². The maximum Gasteiger partial charge on any atom is 0.481 e. The van der Waals surface area contributed by atoms with Gasteiger partial charge in [-0.25, -0.2) is 28.6 Å². The summed E-state index contributed by atoms with van der Waals surface area (Å²) >= 11 is 1.14. The second-order valence-electron chi connectivity index (χ2n) is 14.4. The van der Waals surface area contributed by atoms with Gasteiger partial charge in [0.05, 0.1) is 19.5 Å². The van der Waals surface area contributed by atoms with Crippen molar-refractivity contribution in [1.29, 1.82) is 0 Å². The summed E-state index contributed by atoms with van der Waals surface area (Å²) < 4.78 is 62.2.